The van der Waals surface area contributed by atoms with Crippen molar-refractivity contribution in [2.24, 2.45) is 5.92 Å². The lowest BCUT2D eigenvalue weighted by Gasteiger charge is -2.18. The minimum absolute atomic E-state index is 0.00291. The van der Waals surface area contributed by atoms with E-state index in [4.69, 9.17) is 0 Å². The summed E-state index contributed by atoms with van der Waals surface area (Å²) in [5, 5.41) is 6.55. The first-order chi connectivity index (χ1) is 10.0. The monoisotopic (exact) mass is 288 g/mol. The Hall–Kier alpha value is -1.51. The van der Waals surface area contributed by atoms with Crippen molar-refractivity contribution >= 4 is 11.6 Å². The second-order valence-electron chi connectivity index (χ2n) is 6.66. The van der Waals surface area contributed by atoms with Crippen LogP contribution in [0.4, 0.5) is 5.69 Å². The van der Waals surface area contributed by atoms with Gasteiger partial charge in [-0.2, -0.15) is 0 Å². The van der Waals surface area contributed by atoms with Gasteiger partial charge in [0, 0.05) is 23.3 Å². The van der Waals surface area contributed by atoms with Crippen LogP contribution in [0, 0.1) is 5.92 Å². The fourth-order valence-electron chi connectivity index (χ4n) is 2.96. The SMILES string of the molecule is CC1CCCC(Nc2cccc(C(=O)NC(C)C)c2)CC1. The van der Waals surface area contributed by atoms with Crippen LogP contribution in [0.2, 0.25) is 0 Å². The van der Waals surface area contributed by atoms with Crippen molar-refractivity contribution in [2.45, 2.75) is 65.0 Å². The highest BCUT2D eigenvalue weighted by molar-refractivity contribution is 5.95. The second kappa shape index (κ2) is 7.48. The van der Waals surface area contributed by atoms with Crippen LogP contribution in [0.1, 0.15) is 63.2 Å². The maximum absolute atomic E-state index is 12.1. The lowest BCUT2D eigenvalue weighted by atomic mass is 10.0. The molecule has 0 spiro atoms. The highest BCUT2D eigenvalue weighted by Gasteiger charge is 2.16. The van der Waals surface area contributed by atoms with Gasteiger partial charge in [0.05, 0.1) is 0 Å². The maximum atomic E-state index is 12.1. The smallest absolute Gasteiger partial charge is 0.251 e. The number of carbonyl (C=O) groups is 1. The third-order valence-corrected chi connectivity index (χ3v) is 4.17. The molecule has 21 heavy (non-hydrogen) atoms. The fourth-order valence-corrected chi connectivity index (χ4v) is 2.96. The molecule has 3 heteroatoms. The first kappa shape index (κ1) is 15.9. The van der Waals surface area contributed by atoms with Crippen LogP contribution in [0.5, 0.6) is 0 Å². The van der Waals surface area contributed by atoms with Crippen molar-refractivity contribution in [3.05, 3.63) is 29.8 Å². The molecule has 1 aliphatic rings. The molecule has 1 saturated carbocycles. The lowest BCUT2D eigenvalue weighted by molar-refractivity contribution is 0.0943. The quantitative estimate of drug-likeness (QED) is 0.815. The van der Waals surface area contributed by atoms with Crippen LogP contribution in [0.15, 0.2) is 24.3 Å². The van der Waals surface area contributed by atoms with Crippen LogP contribution < -0.4 is 10.6 Å². The van der Waals surface area contributed by atoms with E-state index in [2.05, 4.69) is 23.6 Å². The third-order valence-electron chi connectivity index (χ3n) is 4.17. The Morgan fingerprint density at radius 2 is 2.00 bits per heavy atom. The van der Waals surface area contributed by atoms with E-state index in [-0.39, 0.29) is 11.9 Å². The summed E-state index contributed by atoms with van der Waals surface area (Å²) in [6.45, 7) is 6.30. The minimum atomic E-state index is 0.00291. The fraction of sp³-hybridized carbons (Fsp3) is 0.611. The number of rotatable bonds is 4. The summed E-state index contributed by atoms with van der Waals surface area (Å²) in [5.74, 6) is 0.850. The molecule has 0 aliphatic heterocycles. The summed E-state index contributed by atoms with van der Waals surface area (Å²) in [4.78, 5) is 12.1. The Bertz CT molecular complexity index is 470. The molecule has 2 N–H and O–H groups in total. The van der Waals surface area contributed by atoms with E-state index in [0.29, 0.717) is 6.04 Å². The van der Waals surface area contributed by atoms with Crippen molar-refractivity contribution < 1.29 is 4.79 Å². The number of hydrogen-bond acceptors (Lipinski definition) is 2. The molecule has 2 atom stereocenters. The van der Waals surface area contributed by atoms with Crippen molar-refractivity contribution in [2.75, 3.05) is 5.32 Å². The molecule has 0 saturated heterocycles. The van der Waals surface area contributed by atoms with Gasteiger partial charge in [-0.15, -0.1) is 0 Å². The molecule has 1 amide bonds. The van der Waals surface area contributed by atoms with E-state index >= 15 is 0 Å². The molecular weight excluding hydrogens is 260 g/mol. The van der Waals surface area contributed by atoms with E-state index in [9.17, 15) is 4.79 Å². The molecule has 1 aliphatic carbocycles. The highest BCUT2D eigenvalue weighted by atomic mass is 16.1. The molecule has 1 aromatic rings. The Labute approximate surface area is 128 Å². The molecule has 2 rings (SSSR count). The number of benzene rings is 1. The molecule has 0 heterocycles. The van der Waals surface area contributed by atoms with E-state index in [1.807, 2.05) is 32.0 Å². The molecule has 1 fully saturated rings. The van der Waals surface area contributed by atoms with Gasteiger partial charge < -0.3 is 10.6 Å². The molecule has 0 bridgehead atoms. The molecular formula is C18H28N2O. The average molecular weight is 288 g/mol. The summed E-state index contributed by atoms with van der Waals surface area (Å²) in [7, 11) is 0. The predicted molar refractivity (Wildman–Crippen MR) is 88.7 cm³/mol. The summed E-state index contributed by atoms with van der Waals surface area (Å²) < 4.78 is 0. The summed E-state index contributed by atoms with van der Waals surface area (Å²) in [5.41, 5.74) is 1.79. The van der Waals surface area contributed by atoms with Gasteiger partial charge in [0.1, 0.15) is 0 Å². The molecule has 1 aromatic carbocycles. The standard InChI is InChI=1S/C18H28N2O/c1-13(2)19-18(21)15-7-5-9-17(12-15)20-16-8-4-6-14(3)10-11-16/h5,7,9,12-14,16,20H,4,6,8,10-11H2,1-3H3,(H,19,21). The van der Waals surface area contributed by atoms with Gasteiger partial charge in [0.15, 0.2) is 0 Å². The van der Waals surface area contributed by atoms with Crippen molar-refractivity contribution in [1.29, 1.82) is 0 Å². The highest BCUT2D eigenvalue weighted by Crippen LogP contribution is 2.25. The van der Waals surface area contributed by atoms with Gasteiger partial charge in [-0.1, -0.05) is 25.8 Å². The molecule has 116 valence electrons. The van der Waals surface area contributed by atoms with Crippen molar-refractivity contribution in [3.8, 4) is 0 Å². The van der Waals surface area contributed by atoms with Crippen LogP contribution in [0.3, 0.4) is 0 Å². The van der Waals surface area contributed by atoms with Gasteiger partial charge in [0.25, 0.3) is 5.91 Å². The number of amides is 1. The van der Waals surface area contributed by atoms with Crippen molar-refractivity contribution in [3.63, 3.8) is 0 Å². The van der Waals surface area contributed by atoms with Gasteiger partial charge >= 0.3 is 0 Å². The van der Waals surface area contributed by atoms with Crippen LogP contribution >= 0.6 is 0 Å². The Balaban J connectivity index is 1.98. The van der Waals surface area contributed by atoms with Crippen LogP contribution in [0.25, 0.3) is 0 Å². The number of nitrogens with one attached hydrogen (secondary N) is 2. The lowest BCUT2D eigenvalue weighted by Crippen LogP contribution is -2.30. The number of carbonyl (C=O) groups excluding carboxylic acids is 1. The molecule has 0 radical (unpaired) electrons. The van der Waals surface area contributed by atoms with E-state index < -0.39 is 0 Å². The van der Waals surface area contributed by atoms with Crippen LogP contribution in [-0.2, 0) is 0 Å². The first-order valence-corrected chi connectivity index (χ1v) is 8.22. The van der Waals surface area contributed by atoms with E-state index in [0.717, 1.165) is 17.2 Å². The Morgan fingerprint density at radius 3 is 2.76 bits per heavy atom. The molecule has 0 aromatic heterocycles. The number of anilines is 1. The largest absolute Gasteiger partial charge is 0.382 e. The van der Waals surface area contributed by atoms with Crippen LogP contribution in [-0.4, -0.2) is 18.0 Å². The first-order valence-electron chi connectivity index (χ1n) is 8.22. The summed E-state index contributed by atoms with van der Waals surface area (Å²) >= 11 is 0. The van der Waals surface area contributed by atoms with Gasteiger partial charge in [-0.25, -0.2) is 0 Å². The zero-order valence-electron chi connectivity index (χ0n) is 13.5. The van der Waals surface area contributed by atoms with E-state index in [1.54, 1.807) is 0 Å². The normalized spacial score (nSPS) is 22.7. The predicted octanol–water partition coefficient (Wildman–Crippen LogP) is 4.21. The van der Waals surface area contributed by atoms with Gasteiger partial charge in [0.2, 0.25) is 0 Å². The van der Waals surface area contributed by atoms with Crippen molar-refractivity contribution in [1.82, 2.24) is 5.32 Å². The van der Waals surface area contributed by atoms with E-state index in [1.165, 1.54) is 32.1 Å². The molecule has 3 nitrogen and oxygen atoms in total. The maximum Gasteiger partial charge on any atom is 0.251 e. The zero-order chi connectivity index (χ0) is 15.2. The molecule has 2 unspecified atom stereocenters. The second-order valence-corrected chi connectivity index (χ2v) is 6.66. The van der Waals surface area contributed by atoms with Gasteiger partial charge in [-0.05, 0) is 57.2 Å². The van der Waals surface area contributed by atoms with Gasteiger partial charge in [-0.3, -0.25) is 4.79 Å². The summed E-state index contributed by atoms with van der Waals surface area (Å²) in [6, 6.07) is 8.55. The topological polar surface area (TPSA) is 41.1 Å². The summed E-state index contributed by atoms with van der Waals surface area (Å²) in [6.07, 6.45) is 6.39. The Kier molecular flexibility index (Phi) is 5.66. The Morgan fingerprint density at radius 1 is 1.19 bits per heavy atom. The third kappa shape index (κ3) is 5.07. The number of hydrogen-bond donors (Lipinski definition) is 2. The zero-order valence-corrected chi connectivity index (χ0v) is 13.5. The minimum Gasteiger partial charge on any atom is -0.382 e. The average Bonchev–Trinajstić information content (AvgIpc) is 2.63.